The Morgan fingerprint density at radius 2 is 0.900 bits per heavy atom. The molecule has 0 amide bonds. The molecule has 0 unspecified atom stereocenters. The fraction of sp³-hybridized carbons (Fsp3) is 0.176. The van der Waals surface area contributed by atoms with Crippen LogP contribution >= 0.6 is 0 Å². The Balaban J connectivity index is 1.06. The van der Waals surface area contributed by atoms with Gasteiger partial charge in [0.05, 0.1) is 33.8 Å². The van der Waals surface area contributed by atoms with Gasteiger partial charge < -0.3 is 9.47 Å². The van der Waals surface area contributed by atoms with Crippen LogP contribution in [0.2, 0.25) is 0 Å². The van der Waals surface area contributed by atoms with Gasteiger partial charge in [0.1, 0.15) is 0 Å². The lowest BCUT2D eigenvalue weighted by Crippen LogP contribution is -2.39. The smallest absolute Gasteiger partial charge is 0.0544 e. The summed E-state index contributed by atoms with van der Waals surface area (Å²) < 4.78 is 2.58. The average molecular weight is 903 g/mol. The van der Waals surface area contributed by atoms with E-state index in [4.69, 9.17) is 0 Å². The number of nitrogens with zero attached hydrogens (tertiary/aromatic N) is 2. The van der Waals surface area contributed by atoms with Gasteiger partial charge in [0.2, 0.25) is 0 Å². The topological polar surface area (TPSA) is 8.17 Å². The molecule has 10 aromatic carbocycles. The van der Waals surface area contributed by atoms with Crippen LogP contribution in [-0.4, -0.2) is 4.57 Å². The van der Waals surface area contributed by atoms with Crippen LogP contribution in [0.5, 0.6) is 0 Å². The lowest BCUT2D eigenvalue weighted by Gasteiger charge is -2.43. The van der Waals surface area contributed by atoms with Gasteiger partial charge in [-0.3, -0.25) is 0 Å². The largest absolute Gasteiger partial charge is 0.309 e. The number of hydrogen-bond donors (Lipinski definition) is 0. The van der Waals surface area contributed by atoms with Gasteiger partial charge in [-0.25, -0.2) is 0 Å². The van der Waals surface area contributed by atoms with E-state index >= 15 is 0 Å². The lowest BCUT2D eigenvalue weighted by atomic mass is 9.60. The van der Waals surface area contributed by atoms with E-state index in [2.05, 4.69) is 257 Å². The summed E-state index contributed by atoms with van der Waals surface area (Å²) in [7, 11) is 0. The predicted octanol–water partition coefficient (Wildman–Crippen LogP) is 18.9. The molecule has 1 aromatic heterocycles. The fourth-order valence-electron chi connectivity index (χ4n) is 13.3. The molecule has 70 heavy (non-hydrogen) atoms. The molecule has 1 aliphatic carbocycles. The maximum absolute atomic E-state index is 2.62. The monoisotopic (exact) mass is 902 g/mol. The zero-order chi connectivity index (χ0) is 47.5. The molecule has 2 aliphatic rings. The summed E-state index contributed by atoms with van der Waals surface area (Å²) in [5, 5.41) is 7.56. The van der Waals surface area contributed by atoms with Crippen molar-refractivity contribution >= 4 is 60.4 Å². The van der Waals surface area contributed by atoms with Crippen LogP contribution in [0.25, 0.3) is 82.4 Å². The van der Waals surface area contributed by atoms with E-state index in [0.717, 1.165) is 12.8 Å². The minimum atomic E-state index is -0.299. The molecule has 2 heterocycles. The summed E-state index contributed by atoms with van der Waals surface area (Å²) >= 11 is 0. The summed E-state index contributed by atoms with van der Waals surface area (Å²) in [6, 6.07) is 78.1. The Labute approximate surface area is 412 Å². The van der Waals surface area contributed by atoms with E-state index < -0.39 is 0 Å². The average Bonchev–Trinajstić information content (AvgIpc) is 3.89. The van der Waals surface area contributed by atoms with Crippen molar-refractivity contribution in [1.29, 1.82) is 0 Å². The molecular formula is C68H58N2. The molecule has 0 spiro atoms. The predicted molar refractivity (Wildman–Crippen MR) is 299 cm³/mol. The van der Waals surface area contributed by atoms with Crippen LogP contribution in [0.15, 0.2) is 206 Å². The Bertz CT molecular complexity index is 3870. The molecule has 1 aliphatic heterocycles. The van der Waals surface area contributed by atoms with Crippen LogP contribution < -0.4 is 4.90 Å². The molecular weight excluding hydrogens is 845 g/mol. The Kier molecular flexibility index (Phi) is 9.66. The molecule has 0 saturated heterocycles. The van der Waals surface area contributed by atoms with E-state index in [1.807, 2.05) is 0 Å². The van der Waals surface area contributed by atoms with Gasteiger partial charge >= 0.3 is 0 Å². The van der Waals surface area contributed by atoms with E-state index in [1.165, 1.54) is 122 Å². The maximum Gasteiger partial charge on any atom is 0.0544 e. The number of rotatable bonds is 8. The Morgan fingerprint density at radius 1 is 0.371 bits per heavy atom. The molecule has 0 N–H and O–H groups in total. The number of benzene rings is 10. The number of aromatic nitrogens is 1. The van der Waals surface area contributed by atoms with Gasteiger partial charge in [-0.15, -0.1) is 0 Å². The quantitative estimate of drug-likeness (QED) is 0.147. The van der Waals surface area contributed by atoms with Gasteiger partial charge in [-0.2, -0.15) is 0 Å². The van der Waals surface area contributed by atoms with E-state index in [-0.39, 0.29) is 10.8 Å². The molecule has 2 nitrogen and oxygen atoms in total. The van der Waals surface area contributed by atoms with Crippen molar-refractivity contribution in [1.82, 2.24) is 4.57 Å². The lowest BCUT2D eigenvalue weighted by molar-refractivity contribution is 0.235. The molecule has 340 valence electrons. The minimum Gasteiger partial charge on any atom is -0.309 e. The van der Waals surface area contributed by atoms with Gasteiger partial charge in [0, 0.05) is 32.4 Å². The molecule has 2 heteroatoms. The molecule has 13 rings (SSSR count). The van der Waals surface area contributed by atoms with Crippen LogP contribution in [0.3, 0.4) is 0 Å². The second-order valence-corrected chi connectivity index (χ2v) is 20.8. The first-order chi connectivity index (χ1) is 34.2. The Hall–Kier alpha value is -7.68. The van der Waals surface area contributed by atoms with Crippen LogP contribution in [0, 0.1) is 11.8 Å². The summed E-state index contributed by atoms with van der Waals surface area (Å²) in [6.45, 7) is 14.6. The number of anilines is 3. The van der Waals surface area contributed by atoms with Crippen molar-refractivity contribution in [2.45, 2.75) is 65.2 Å². The number of hydrogen-bond acceptors (Lipinski definition) is 1. The van der Waals surface area contributed by atoms with E-state index in [9.17, 15) is 0 Å². The highest BCUT2D eigenvalue weighted by atomic mass is 15.2. The van der Waals surface area contributed by atoms with Crippen molar-refractivity contribution in [2.75, 3.05) is 4.90 Å². The molecule has 0 saturated carbocycles. The summed E-state index contributed by atoms with van der Waals surface area (Å²) in [5.41, 5.74) is 20.3. The second-order valence-electron chi connectivity index (χ2n) is 20.8. The Morgan fingerprint density at radius 3 is 1.57 bits per heavy atom. The molecule has 11 aromatic rings. The SMILES string of the molecule is CC[C@@H](C)C1([C@H](C)CC)c2ccccc2-c2cc3c4cc(-c5ccc6c(c5)C(C)(C)c5cc(-c7ccccc7)ccc5N6c5cccc6ccccc56)ccc4n(-c4cccc5ccccc45)c3cc21. The third-order valence-corrected chi connectivity index (χ3v) is 17.1. The molecule has 0 radical (unpaired) electrons. The number of fused-ring (bicyclic) bond motifs is 10. The summed E-state index contributed by atoms with van der Waals surface area (Å²) in [5.74, 6) is 0.928. The third-order valence-electron chi connectivity index (χ3n) is 17.1. The van der Waals surface area contributed by atoms with Crippen molar-refractivity contribution in [3.8, 4) is 39.1 Å². The van der Waals surface area contributed by atoms with E-state index in [1.54, 1.807) is 0 Å². The first-order valence-electron chi connectivity index (χ1n) is 25.6. The van der Waals surface area contributed by atoms with Crippen LogP contribution in [0.4, 0.5) is 17.1 Å². The highest BCUT2D eigenvalue weighted by Gasteiger charge is 2.50. The van der Waals surface area contributed by atoms with E-state index in [0.29, 0.717) is 11.8 Å². The summed E-state index contributed by atoms with van der Waals surface area (Å²) in [6.07, 6.45) is 2.23. The zero-order valence-electron chi connectivity index (χ0n) is 41.1. The van der Waals surface area contributed by atoms with Gasteiger partial charge in [0.25, 0.3) is 0 Å². The van der Waals surface area contributed by atoms with Crippen molar-refractivity contribution < 1.29 is 0 Å². The van der Waals surface area contributed by atoms with Crippen LogP contribution in [0.1, 0.15) is 76.6 Å². The van der Waals surface area contributed by atoms with Gasteiger partial charge in [-0.1, -0.05) is 200 Å². The minimum absolute atomic E-state index is 0.0921. The van der Waals surface area contributed by atoms with Crippen molar-refractivity contribution in [2.24, 2.45) is 11.8 Å². The maximum atomic E-state index is 2.62. The van der Waals surface area contributed by atoms with Crippen molar-refractivity contribution in [3.05, 3.63) is 229 Å². The first-order valence-corrected chi connectivity index (χ1v) is 25.6. The highest BCUT2D eigenvalue weighted by molar-refractivity contribution is 6.14. The fourth-order valence-corrected chi connectivity index (χ4v) is 13.3. The first kappa shape index (κ1) is 42.4. The second kappa shape index (κ2) is 15.9. The normalized spacial score (nSPS) is 15.2. The molecule has 0 bridgehead atoms. The van der Waals surface area contributed by atoms with Gasteiger partial charge in [0.15, 0.2) is 0 Å². The summed E-state index contributed by atoms with van der Waals surface area (Å²) in [4.78, 5) is 2.52. The van der Waals surface area contributed by atoms with Crippen LogP contribution in [-0.2, 0) is 10.8 Å². The van der Waals surface area contributed by atoms with Gasteiger partial charge in [-0.05, 0) is 139 Å². The molecule has 0 fully saturated rings. The standard InChI is InChI=1S/C68H58N2/c1-7-43(3)68(44(4)8-2)57-29-17-16-28-53(57)54-41-56-55-38-48(32-35-63(55)69(66(56)42-58(54)68)61-30-18-24-46-22-12-14-26-51(46)61)50-34-37-65-60(40-50)67(5,6)59-39-49(45-20-10-9-11-21-45)33-36-64(59)70(65)62-31-19-25-47-23-13-15-27-52(47)62/h9-44H,7-8H2,1-6H3/t43-,44-/m1/s1. The molecule has 2 atom stereocenters. The zero-order valence-corrected chi connectivity index (χ0v) is 41.1. The third kappa shape index (κ3) is 5.99. The highest BCUT2D eigenvalue weighted by Crippen LogP contribution is 2.60. The van der Waals surface area contributed by atoms with Crippen molar-refractivity contribution in [3.63, 3.8) is 0 Å².